The first-order valence-corrected chi connectivity index (χ1v) is 7.58. The fraction of sp³-hybridized carbons (Fsp3) is 0.167. The predicted octanol–water partition coefficient (Wildman–Crippen LogP) is 4.57. The van der Waals surface area contributed by atoms with Gasteiger partial charge in [-0.15, -0.1) is 0 Å². The molecule has 1 amide bonds. The van der Waals surface area contributed by atoms with Gasteiger partial charge in [0.1, 0.15) is 17.3 Å². The fourth-order valence-corrected chi connectivity index (χ4v) is 2.67. The molecule has 0 aliphatic rings. The third-order valence-corrected chi connectivity index (χ3v) is 3.97. The molecule has 0 fully saturated rings. The van der Waals surface area contributed by atoms with Crippen LogP contribution in [-0.4, -0.2) is 20.1 Å². The maximum atomic E-state index is 14.2. The van der Waals surface area contributed by atoms with E-state index in [1.165, 1.54) is 39.3 Å². The number of anilines is 1. The van der Waals surface area contributed by atoms with Gasteiger partial charge in [-0.25, -0.2) is 13.2 Å². The maximum absolute atomic E-state index is 14.2. The highest BCUT2D eigenvalue weighted by Crippen LogP contribution is 2.35. The lowest BCUT2D eigenvalue weighted by Gasteiger charge is -2.11. The van der Waals surface area contributed by atoms with E-state index in [1.54, 1.807) is 0 Å². The summed E-state index contributed by atoms with van der Waals surface area (Å²) in [4.78, 5) is 12.6. The lowest BCUT2D eigenvalue weighted by atomic mass is 10.1. The SMILES string of the molecule is COc1ccc(NC(=O)c2c(C)oc3c(F)c(F)c(F)c(F)c23)c(OC)c1. The largest absolute Gasteiger partial charge is 0.497 e. The van der Waals surface area contributed by atoms with E-state index >= 15 is 0 Å². The number of hydrogen-bond donors (Lipinski definition) is 1. The van der Waals surface area contributed by atoms with E-state index in [4.69, 9.17) is 13.9 Å². The Morgan fingerprint density at radius 1 is 1.00 bits per heavy atom. The molecular weight excluding hydrogens is 370 g/mol. The number of hydrogen-bond acceptors (Lipinski definition) is 4. The predicted molar refractivity (Wildman–Crippen MR) is 88.3 cm³/mol. The fourth-order valence-electron chi connectivity index (χ4n) is 2.67. The number of rotatable bonds is 4. The molecule has 5 nitrogen and oxygen atoms in total. The third-order valence-electron chi connectivity index (χ3n) is 3.97. The average molecular weight is 383 g/mol. The summed E-state index contributed by atoms with van der Waals surface area (Å²) >= 11 is 0. The Bertz CT molecular complexity index is 1060. The van der Waals surface area contributed by atoms with Gasteiger partial charge in [0.2, 0.25) is 11.6 Å². The van der Waals surface area contributed by atoms with Crippen LogP contribution in [0.4, 0.5) is 23.2 Å². The molecule has 1 aromatic heterocycles. The summed E-state index contributed by atoms with van der Waals surface area (Å²) in [5.74, 6) is -7.91. The summed E-state index contributed by atoms with van der Waals surface area (Å²) < 4.78 is 70.2. The number of carbonyl (C=O) groups excluding carboxylic acids is 1. The average Bonchev–Trinajstić information content (AvgIpc) is 3.02. The number of aryl methyl sites for hydroxylation is 1. The van der Waals surface area contributed by atoms with Crippen molar-refractivity contribution in [2.45, 2.75) is 6.92 Å². The monoisotopic (exact) mass is 383 g/mol. The molecule has 27 heavy (non-hydrogen) atoms. The summed E-state index contributed by atoms with van der Waals surface area (Å²) in [6.45, 7) is 1.24. The van der Waals surface area contributed by atoms with Crippen LogP contribution in [-0.2, 0) is 0 Å². The molecule has 1 N–H and O–H groups in total. The molecule has 3 aromatic rings. The number of fused-ring (bicyclic) bond motifs is 1. The second kappa shape index (κ2) is 6.82. The lowest BCUT2D eigenvalue weighted by Crippen LogP contribution is -2.14. The lowest BCUT2D eigenvalue weighted by molar-refractivity contribution is 0.102. The molecule has 9 heteroatoms. The minimum absolute atomic E-state index is 0.195. The van der Waals surface area contributed by atoms with Gasteiger partial charge >= 0.3 is 0 Å². The first-order valence-electron chi connectivity index (χ1n) is 7.58. The van der Waals surface area contributed by atoms with E-state index in [9.17, 15) is 22.4 Å². The van der Waals surface area contributed by atoms with Crippen molar-refractivity contribution in [1.29, 1.82) is 0 Å². The Hall–Kier alpha value is -3.23. The highest BCUT2D eigenvalue weighted by molar-refractivity contribution is 6.14. The van der Waals surface area contributed by atoms with Crippen LogP contribution in [0.5, 0.6) is 11.5 Å². The zero-order valence-electron chi connectivity index (χ0n) is 14.4. The summed E-state index contributed by atoms with van der Waals surface area (Å²) in [7, 11) is 2.80. The smallest absolute Gasteiger partial charge is 0.260 e. The number of methoxy groups -OCH3 is 2. The standard InChI is InChI=1S/C18H13F4NO4/c1-7-11(12-13(19)14(20)15(21)16(22)17(12)27-7)18(24)23-9-5-4-8(25-2)6-10(9)26-3/h4-6H,1-3H3,(H,23,24). The molecule has 0 atom stereocenters. The topological polar surface area (TPSA) is 60.7 Å². The van der Waals surface area contributed by atoms with Crippen LogP contribution in [0.3, 0.4) is 0 Å². The molecule has 0 bridgehead atoms. The van der Waals surface area contributed by atoms with Crippen molar-refractivity contribution in [2.75, 3.05) is 19.5 Å². The number of ether oxygens (including phenoxy) is 2. The van der Waals surface area contributed by atoms with Gasteiger partial charge in [-0.1, -0.05) is 0 Å². The van der Waals surface area contributed by atoms with Crippen LogP contribution in [0.25, 0.3) is 11.0 Å². The first kappa shape index (κ1) is 18.6. The molecule has 0 aliphatic carbocycles. The van der Waals surface area contributed by atoms with E-state index in [0.717, 1.165) is 0 Å². The molecule has 0 saturated carbocycles. The highest BCUT2D eigenvalue weighted by atomic mass is 19.2. The molecule has 3 rings (SSSR count). The van der Waals surface area contributed by atoms with Crippen molar-refractivity contribution >= 4 is 22.6 Å². The number of furan rings is 1. The van der Waals surface area contributed by atoms with Gasteiger partial charge in [-0.3, -0.25) is 4.79 Å². The zero-order valence-corrected chi connectivity index (χ0v) is 14.4. The third kappa shape index (κ3) is 2.94. The molecule has 1 heterocycles. The van der Waals surface area contributed by atoms with Crippen molar-refractivity contribution in [2.24, 2.45) is 0 Å². The normalized spacial score (nSPS) is 10.9. The zero-order chi connectivity index (χ0) is 19.9. The molecule has 2 aromatic carbocycles. The van der Waals surface area contributed by atoms with Crippen LogP contribution in [0.15, 0.2) is 22.6 Å². The van der Waals surface area contributed by atoms with Crippen LogP contribution in [0, 0.1) is 30.2 Å². The Kier molecular flexibility index (Phi) is 4.69. The molecule has 0 spiro atoms. The van der Waals surface area contributed by atoms with Crippen molar-refractivity contribution < 1.29 is 36.2 Å². The molecule has 142 valence electrons. The van der Waals surface area contributed by atoms with Crippen LogP contribution in [0.1, 0.15) is 16.1 Å². The van der Waals surface area contributed by atoms with Crippen LogP contribution in [0.2, 0.25) is 0 Å². The van der Waals surface area contributed by atoms with Gasteiger partial charge in [0, 0.05) is 6.07 Å². The Balaban J connectivity index is 2.11. The van der Waals surface area contributed by atoms with Crippen molar-refractivity contribution in [3.05, 3.63) is 52.8 Å². The van der Waals surface area contributed by atoms with E-state index in [1.807, 2.05) is 0 Å². The number of nitrogens with one attached hydrogen (secondary N) is 1. The van der Waals surface area contributed by atoms with Crippen LogP contribution < -0.4 is 14.8 Å². The summed E-state index contributed by atoms with van der Waals surface area (Å²) in [5.41, 5.74) is -1.14. The van der Waals surface area contributed by atoms with E-state index in [2.05, 4.69) is 5.32 Å². The summed E-state index contributed by atoms with van der Waals surface area (Å²) in [6.07, 6.45) is 0. The Morgan fingerprint density at radius 3 is 2.30 bits per heavy atom. The first-order chi connectivity index (χ1) is 12.8. The number of halogens is 4. The number of carbonyl (C=O) groups is 1. The van der Waals surface area contributed by atoms with Gasteiger partial charge in [0.25, 0.3) is 5.91 Å². The minimum Gasteiger partial charge on any atom is -0.497 e. The van der Waals surface area contributed by atoms with Gasteiger partial charge in [-0.2, -0.15) is 4.39 Å². The quantitative estimate of drug-likeness (QED) is 0.407. The molecule has 0 unspecified atom stereocenters. The second-order valence-electron chi connectivity index (χ2n) is 5.51. The maximum Gasteiger partial charge on any atom is 0.260 e. The molecule has 0 radical (unpaired) electrons. The molecular formula is C18H13F4NO4. The van der Waals surface area contributed by atoms with Crippen molar-refractivity contribution in [3.8, 4) is 11.5 Å². The van der Waals surface area contributed by atoms with Gasteiger partial charge < -0.3 is 19.2 Å². The Labute approximate surface area is 150 Å². The molecule has 0 aliphatic heterocycles. The van der Waals surface area contributed by atoms with Gasteiger partial charge in [0.15, 0.2) is 17.2 Å². The number of benzene rings is 2. The van der Waals surface area contributed by atoms with E-state index < -0.39 is 45.7 Å². The minimum atomic E-state index is -2.03. The summed E-state index contributed by atoms with van der Waals surface area (Å²) in [6, 6.07) is 4.49. The second-order valence-corrected chi connectivity index (χ2v) is 5.51. The van der Waals surface area contributed by atoms with Crippen molar-refractivity contribution in [3.63, 3.8) is 0 Å². The van der Waals surface area contributed by atoms with Crippen molar-refractivity contribution in [1.82, 2.24) is 0 Å². The highest BCUT2D eigenvalue weighted by Gasteiger charge is 2.30. The Morgan fingerprint density at radius 2 is 1.67 bits per heavy atom. The van der Waals surface area contributed by atoms with Gasteiger partial charge in [-0.05, 0) is 19.1 Å². The van der Waals surface area contributed by atoms with E-state index in [-0.39, 0.29) is 17.2 Å². The molecule has 0 saturated heterocycles. The summed E-state index contributed by atoms with van der Waals surface area (Å²) in [5, 5.41) is 1.66. The van der Waals surface area contributed by atoms with E-state index in [0.29, 0.717) is 5.75 Å². The number of amides is 1. The van der Waals surface area contributed by atoms with Crippen LogP contribution >= 0.6 is 0 Å². The van der Waals surface area contributed by atoms with Gasteiger partial charge in [0.05, 0.1) is 30.9 Å².